The van der Waals surface area contributed by atoms with Crippen LogP contribution in [0.1, 0.15) is 24.8 Å². The first-order chi connectivity index (χ1) is 8.10. The van der Waals surface area contributed by atoms with Gasteiger partial charge in [-0.1, -0.05) is 12.1 Å². The number of anilines is 1. The third-order valence-electron chi connectivity index (χ3n) is 3.67. The summed E-state index contributed by atoms with van der Waals surface area (Å²) in [4.78, 5) is 11.5. The van der Waals surface area contributed by atoms with Crippen LogP contribution in [0.4, 0.5) is 5.69 Å². The number of carbonyl (C=O) groups is 1. The van der Waals surface area contributed by atoms with Crippen molar-refractivity contribution in [3.63, 3.8) is 0 Å². The molecule has 1 aromatic rings. The van der Waals surface area contributed by atoms with Crippen LogP contribution in [-0.4, -0.2) is 29.6 Å². The lowest BCUT2D eigenvalue weighted by atomic mass is 10.1. The van der Waals surface area contributed by atoms with Gasteiger partial charge >= 0.3 is 0 Å². The van der Waals surface area contributed by atoms with E-state index in [4.69, 9.17) is 0 Å². The molecule has 0 bridgehead atoms. The highest BCUT2D eigenvalue weighted by molar-refractivity contribution is 5.81. The molecule has 0 aromatic heterocycles. The minimum atomic E-state index is -0.613. The minimum Gasteiger partial charge on any atom is -0.385 e. The summed E-state index contributed by atoms with van der Waals surface area (Å²) in [5, 5.41) is 13.7. The summed E-state index contributed by atoms with van der Waals surface area (Å²) >= 11 is 0. The highest BCUT2D eigenvalue weighted by atomic mass is 16.3. The normalized spacial score (nSPS) is 22.1. The van der Waals surface area contributed by atoms with E-state index in [1.54, 1.807) is 12.1 Å². The van der Waals surface area contributed by atoms with Gasteiger partial charge in [-0.05, 0) is 30.5 Å². The van der Waals surface area contributed by atoms with Gasteiger partial charge in [0.1, 0.15) is 0 Å². The third kappa shape index (κ3) is 1.69. The zero-order chi connectivity index (χ0) is 12.0. The highest BCUT2D eigenvalue weighted by Crippen LogP contribution is 2.46. The minimum absolute atomic E-state index is 0.139. The van der Waals surface area contributed by atoms with Gasteiger partial charge in [0, 0.05) is 20.0 Å². The van der Waals surface area contributed by atoms with Crippen molar-refractivity contribution in [2.45, 2.75) is 24.9 Å². The van der Waals surface area contributed by atoms with E-state index in [0.29, 0.717) is 6.42 Å². The number of hydrogen-bond donors (Lipinski definition) is 1. The van der Waals surface area contributed by atoms with Crippen LogP contribution >= 0.6 is 0 Å². The summed E-state index contributed by atoms with van der Waals surface area (Å²) in [5.74, 6) is 0.139. The van der Waals surface area contributed by atoms with E-state index in [1.807, 2.05) is 29.3 Å². The molecule has 1 amide bonds. The van der Waals surface area contributed by atoms with E-state index >= 15 is 0 Å². The van der Waals surface area contributed by atoms with E-state index in [1.165, 1.54) is 0 Å². The molecule has 0 unspecified atom stereocenters. The molecule has 1 saturated heterocycles. The van der Waals surface area contributed by atoms with Crippen LogP contribution in [0.2, 0.25) is 0 Å². The lowest BCUT2D eigenvalue weighted by Gasteiger charge is -2.26. The molecule has 0 spiro atoms. The SMILES string of the molecule is CN1C(=O)CCN1c1cccc(C2(O)CC2)c1. The Kier molecular flexibility index (Phi) is 2.16. The highest BCUT2D eigenvalue weighted by Gasteiger charge is 2.42. The number of aliphatic hydroxyl groups is 1. The lowest BCUT2D eigenvalue weighted by Crippen LogP contribution is -2.35. The molecule has 4 nitrogen and oxygen atoms in total. The monoisotopic (exact) mass is 232 g/mol. The van der Waals surface area contributed by atoms with E-state index in [0.717, 1.165) is 30.6 Å². The fourth-order valence-electron chi connectivity index (χ4n) is 2.31. The number of amides is 1. The van der Waals surface area contributed by atoms with Crippen LogP contribution < -0.4 is 5.01 Å². The van der Waals surface area contributed by atoms with Crippen molar-refractivity contribution in [3.05, 3.63) is 29.8 Å². The smallest absolute Gasteiger partial charge is 0.242 e. The van der Waals surface area contributed by atoms with E-state index in [9.17, 15) is 9.90 Å². The van der Waals surface area contributed by atoms with Crippen LogP contribution in [0.5, 0.6) is 0 Å². The number of carbonyl (C=O) groups excluding carboxylic acids is 1. The van der Waals surface area contributed by atoms with Gasteiger partial charge in [-0.2, -0.15) is 0 Å². The van der Waals surface area contributed by atoms with Gasteiger partial charge in [-0.25, -0.2) is 0 Å². The molecule has 1 heterocycles. The van der Waals surface area contributed by atoms with Crippen molar-refractivity contribution in [2.75, 3.05) is 18.6 Å². The second kappa shape index (κ2) is 3.47. The summed E-state index contributed by atoms with van der Waals surface area (Å²) in [6.45, 7) is 0.719. The second-order valence-electron chi connectivity index (χ2n) is 4.87. The van der Waals surface area contributed by atoms with Gasteiger partial charge in [0.25, 0.3) is 0 Å². The zero-order valence-electron chi connectivity index (χ0n) is 9.89. The van der Waals surface area contributed by atoms with Crippen LogP contribution in [0.15, 0.2) is 24.3 Å². The van der Waals surface area contributed by atoms with Gasteiger partial charge in [0.05, 0.1) is 11.3 Å². The molecular weight excluding hydrogens is 216 g/mol. The van der Waals surface area contributed by atoms with Gasteiger partial charge in [-0.15, -0.1) is 0 Å². The Labute approximate surface area is 100 Å². The van der Waals surface area contributed by atoms with Crippen molar-refractivity contribution in [1.29, 1.82) is 0 Å². The summed E-state index contributed by atoms with van der Waals surface area (Å²) < 4.78 is 0. The van der Waals surface area contributed by atoms with Crippen molar-refractivity contribution in [3.8, 4) is 0 Å². The van der Waals surface area contributed by atoms with Crippen LogP contribution in [0, 0.1) is 0 Å². The molecule has 0 atom stereocenters. The maximum atomic E-state index is 11.5. The molecule has 1 saturated carbocycles. The molecule has 90 valence electrons. The summed E-state index contributed by atoms with van der Waals surface area (Å²) in [7, 11) is 1.79. The molecule has 3 rings (SSSR count). The number of nitrogens with zero attached hydrogens (tertiary/aromatic N) is 2. The van der Waals surface area contributed by atoms with Crippen LogP contribution in [-0.2, 0) is 10.4 Å². The fraction of sp³-hybridized carbons (Fsp3) is 0.462. The van der Waals surface area contributed by atoms with Crippen LogP contribution in [0.25, 0.3) is 0 Å². The quantitative estimate of drug-likeness (QED) is 0.834. The summed E-state index contributed by atoms with van der Waals surface area (Å²) in [5.41, 5.74) is 1.33. The number of benzene rings is 1. The second-order valence-corrected chi connectivity index (χ2v) is 4.87. The molecule has 2 aliphatic rings. The third-order valence-corrected chi connectivity index (χ3v) is 3.67. The first-order valence-corrected chi connectivity index (χ1v) is 5.97. The average molecular weight is 232 g/mol. The average Bonchev–Trinajstić information content (AvgIpc) is 3.00. The predicted molar refractivity (Wildman–Crippen MR) is 64.3 cm³/mol. The molecule has 17 heavy (non-hydrogen) atoms. The Hall–Kier alpha value is -1.55. The van der Waals surface area contributed by atoms with Crippen molar-refractivity contribution in [1.82, 2.24) is 5.01 Å². The van der Waals surface area contributed by atoms with Crippen molar-refractivity contribution >= 4 is 11.6 Å². The topological polar surface area (TPSA) is 43.8 Å². The Morgan fingerprint density at radius 1 is 1.35 bits per heavy atom. The number of rotatable bonds is 2. The van der Waals surface area contributed by atoms with Gasteiger partial charge in [-0.3, -0.25) is 14.8 Å². The maximum absolute atomic E-state index is 11.5. The Bertz CT molecular complexity index is 468. The zero-order valence-corrected chi connectivity index (χ0v) is 9.89. The van der Waals surface area contributed by atoms with Gasteiger partial charge < -0.3 is 5.11 Å². The molecule has 1 aromatic carbocycles. The van der Waals surface area contributed by atoms with Crippen molar-refractivity contribution < 1.29 is 9.90 Å². The van der Waals surface area contributed by atoms with Crippen molar-refractivity contribution in [2.24, 2.45) is 0 Å². The number of hydrogen-bond acceptors (Lipinski definition) is 3. The lowest BCUT2D eigenvalue weighted by molar-refractivity contribution is -0.126. The standard InChI is InChI=1S/C13H16N2O2/c1-14-12(16)5-8-15(14)11-4-2-3-10(9-11)13(17)6-7-13/h2-4,9,17H,5-8H2,1H3. The first-order valence-electron chi connectivity index (χ1n) is 5.97. The van der Waals surface area contributed by atoms with E-state index < -0.39 is 5.60 Å². The summed E-state index contributed by atoms with van der Waals surface area (Å²) in [6, 6.07) is 7.86. The molecule has 2 fully saturated rings. The Balaban J connectivity index is 1.91. The Morgan fingerprint density at radius 2 is 2.12 bits per heavy atom. The maximum Gasteiger partial charge on any atom is 0.242 e. The van der Waals surface area contributed by atoms with Gasteiger partial charge in [0.15, 0.2) is 0 Å². The van der Waals surface area contributed by atoms with E-state index in [2.05, 4.69) is 0 Å². The van der Waals surface area contributed by atoms with E-state index in [-0.39, 0.29) is 5.91 Å². The molecule has 1 aliphatic carbocycles. The number of hydrazine groups is 1. The van der Waals surface area contributed by atoms with Crippen LogP contribution in [0.3, 0.4) is 0 Å². The largest absolute Gasteiger partial charge is 0.385 e. The van der Waals surface area contributed by atoms with Gasteiger partial charge in [0.2, 0.25) is 5.91 Å². The first kappa shape index (κ1) is 10.6. The summed E-state index contributed by atoms with van der Waals surface area (Å²) in [6.07, 6.45) is 2.24. The molecule has 1 aliphatic heterocycles. The predicted octanol–water partition coefficient (Wildman–Crippen LogP) is 1.25. The fourth-order valence-corrected chi connectivity index (χ4v) is 2.31. The molecular formula is C13H16N2O2. The molecule has 0 radical (unpaired) electrons. The molecule has 4 heteroatoms. The molecule has 1 N–H and O–H groups in total. The Morgan fingerprint density at radius 3 is 2.71 bits per heavy atom.